The fraction of sp³-hybridized carbons (Fsp3) is 0.353. The molecule has 2 aromatic rings. The van der Waals surface area contributed by atoms with Crippen LogP contribution in [0.5, 0.6) is 5.75 Å². The van der Waals surface area contributed by atoms with E-state index >= 15 is 0 Å². The molecule has 1 aromatic carbocycles. The molecule has 134 valence electrons. The number of hydrogen-bond donors (Lipinski definition) is 1. The molecule has 6 nitrogen and oxygen atoms in total. The van der Waals surface area contributed by atoms with Crippen LogP contribution in [-0.4, -0.2) is 40.5 Å². The summed E-state index contributed by atoms with van der Waals surface area (Å²) in [5.74, 6) is -0.882. The highest BCUT2D eigenvalue weighted by Crippen LogP contribution is 2.22. The highest BCUT2D eigenvalue weighted by Gasteiger charge is 2.19. The van der Waals surface area contributed by atoms with Gasteiger partial charge in [-0.25, -0.2) is 9.37 Å². The molecule has 0 aliphatic rings. The van der Waals surface area contributed by atoms with Crippen molar-refractivity contribution in [2.24, 2.45) is 0 Å². The Hall–Kier alpha value is -2.48. The Balaban J connectivity index is 1.95. The molecular formula is C17H19FN2O4S. The van der Waals surface area contributed by atoms with Gasteiger partial charge >= 0.3 is 5.97 Å². The number of carboxylic acids is 1. The van der Waals surface area contributed by atoms with E-state index in [0.29, 0.717) is 34.3 Å². The predicted molar refractivity (Wildman–Crippen MR) is 91.4 cm³/mol. The monoisotopic (exact) mass is 366 g/mol. The zero-order valence-corrected chi connectivity index (χ0v) is 14.8. The van der Waals surface area contributed by atoms with Gasteiger partial charge in [0.15, 0.2) is 0 Å². The molecule has 2 rings (SSSR count). The third-order valence-corrected chi connectivity index (χ3v) is 4.56. The third-order valence-electron chi connectivity index (χ3n) is 3.44. The van der Waals surface area contributed by atoms with Crippen LogP contribution in [0.1, 0.15) is 33.2 Å². The Labute approximate surface area is 148 Å². The second-order valence-electron chi connectivity index (χ2n) is 5.49. The van der Waals surface area contributed by atoms with Gasteiger partial charge in [0, 0.05) is 20.0 Å². The molecular weight excluding hydrogens is 347 g/mol. The number of carbonyl (C=O) groups excluding carboxylic acids is 1. The van der Waals surface area contributed by atoms with Crippen LogP contribution in [0.25, 0.3) is 0 Å². The molecule has 1 heterocycles. The van der Waals surface area contributed by atoms with Crippen molar-refractivity contribution < 1.29 is 23.8 Å². The number of nitrogens with zero attached hydrogens (tertiary/aromatic N) is 2. The lowest BCUT2D eigenvalue weighted by atomic mass is 10.3. The van der Waals surface area contributed by atoms with E-state index in [1.807, 2.05) is 0 Å². The van der Waals surface area contributed by atoms with Crippen LogP contribution in [0.2, 0.25) is 0 Å². The van der Waals surface area contributed by atoms with Gasteiger partial charge in [0.1, 0.15) is 28.1 Å². The van der Waals surface area contributed by atoms with E-state index in [4.69, 9.17) is 9.84 Å². The molecule has 25 heavy (non-hydrogen) atoms. The van der Waals surface area contributed by atoms with E-state index < -0.39 is 5.97 Å². The lowest BCUT2D eigenvalue weighted by molar-refractivity contribution is -0.137. The molecule has 0 atom stereocenters. The Kier molecular flexibility index (Phi) is 6.46. The van der Waals surface area contributed by atoms with E-state index in [9.17, 15) is 14.0 Å². The second kappa shape index (κ2) is 8.57. The number of amides is 1. The first-order chi connectivity index (χ1) is 11.9. The summed E-state index contributed by atoms with van der Waals surface area (Å²) in [4.78, 5) is 29.3. The van der Waals surface area contributed by atoms with Gasteiger partial charge < -0.3 is 14.7 Å². The summed E-state index contributed by atoms with van der Waals surface area (Å²) in [5, 5.41) is 9.29. The summed E-state index contributed by atoms with van der Waals surface area (Å²) in [5.41, 5.74) is 0.609. The minimum Gasteiger partial charge on any atom is -0.486 e. The maximum atomic E-state index is 12.9. The number of aryl methyl sites for hydroxylation is 1. The molecule has 0 spiro atoms. The van der Waals surface area contributed by atoms with E-state index in [2.05, 4.69) is 4.98 Å². The van der Waals surface area contributed by atoms with Crippen LogP contribution in [0.15, 0.2) is 24.3 Å². The van der Waals surface area contributed by atoms with Gasteiger partial charge in [-0.15, -0.1) is 11.3 Å². The lowest BCUT2D eigenvalue weighted by Gasteiger charge is -2.15. The number of rotatable bonds is 8. The first-order valence-electron chi connectivity index (χ1n) is 7.68. The number of benzene rings is 1. The molecule has 0 aliphatic heterocycles. The van der Waals surface area contributed by atoms with Crippen LogP contribution in [0.4, 0.5) is 4.39 Å². The van der Waals surface area contributed by atoms with Crippen LogP contribution in [0, 0.1) is 12.7 Å². The standard InChI is InChI=1S/C17H19FN2O4S/c1-11-16(17(23)20(2)9-3-4-15(21)22)25-14(19-11)10-24-13-7-5-12(18)6-8-13/h5-8H,3-4,9-10H2,1-2H3,(H,21,22). The van der Waals surface area contributed by atoms with E-state index in [-0.39, 0.29) is 24.8 Å². The van der Waals surface area contributed by atoms with Crippen molar-refractivity contribution in [2.45, 2.75) is 26.4 Å². The fourth-order valence-corrected chi connectivity index (χ4v) is 3.10. The first-order valence-corrected chi connectivity index (χ1v) is 8.50. The smallest absolute Gasteiger partial charge is 0.303 e. The van der Waals surface area contributed by atoms with Crippen molar-refractivity contribution in [3.8, 4) is 5.75 Å². The summed E-state index contributed by atoms with van der Waals surface area (Å²) in [6.07, 6.45) is 0.423. The minimum absolute atomic E-state index is 0.0239. The van der Waals surface area contributed by atoms with Crippen molar-refractivity contribution in [2.75, 3.05) is 13.6 Å². The van der Waals surface area contributed by atoms with E-state index in [1.165, 1.54) is 40.5 Å². The van der Waals surface area contributed by atoms with Crippen LogP contribution >= 0.6 is 11.3 Å². The van der Waals surface area contributed by atoms with E-state index in [0.717, 1.165) is 0 Å². The SMILES string of the molecule is Cc1nc(COc2ccc(F)cc2)sc1C(=O)N(C)CCCC(=O)O. The fourth-order valence-electron chi connectivity index (χ4n) is 2.13. The highest BCUT2D eigenvalue weighted by atomic mass is 32.1. The number of hydrogen-bond acceptors (Lipinski definition) is 5. The molecule has 1 N–H and O–H groups in total. The summed E-state index contributed by atoms with van der Waals surface area (Å²) >= 11 is 1.24. The predicted octanol–water partition coefficient (Wildman–Crippen LogP) is 3.11. The van der Waals surface area contributed by atoms with Crippen molar-refractivity contribution in [3.05, 3.63) is 45.7 Å². The normalized spacial score (nSPS) is 10.5. The number of thiazole rings is 1. The lowest BCUT2D eigenvalue weighted by Crippen LogP contribution is -2.27. The molecule has 0 radical (unpaired) electrons. The number of ether oxygens (including phenoxy) is 1. The summed E-state index contributed by atoms with van der Waals surface area (Å²) in [6, 6.07) is 5.67. The number of halogens is 1. The molecule has 0 aliphatic carbocycles. The maximum absolute atomic E-state index is 12.9. The molecule has 0 saturated carbocycles. The Bertz CT molecular complexity index is 746. The van der Waals surface area contributed by atoms with Crippen LogP contribution in [0.3, 0.4) is 0 Å². The summed E-state index contributed by atoms with van der Waals surface area (Å²) in [7, 11) is 1.64. The van der Waals surface area contributed by atoms with Crippen molar-refractivity contribution >= 4 is 23.2 Å². The van der Waals surface area contributed by atoms with Gasteiger partial charge in [0.05, 0.1) is 5.69 Å². The van der Waals surface area contributed by atoms with Crippen LogP contribution in [-0.2, 0) is 11.4 Å². The molecule has 0 fully saturated rings. The average Bonchev–Trinajstić information content (AvgIpc) is 2.94. The molecule has 1 amide bonds. The Morgan fingerprint density at radius 2 is 2.00 bits per heavy atom. The van der Waals surface area contributed by atoms with E-state index in [1.54, 1.807) is 14.0 Å². The number of carboxylic acid groups (broad SMARTS) is 1. The first kappa shape index (κ1) is 18.9. The summed E-state index contributed by atoms with van der Waals surface area (Å²) < 4.78 is 18.4. The van der Waals surface area contributed by atoms with Gasteiger partial charge in [-0.3, -0.25) is 9.59 Å². The second-order valence-corrected chi connectivity index (χ2v) is 6.57. The van der Waals surface area contributed by atoms with Crippen molar-refractivity contribution in [1.29, 1.82) is 0 Å². The zero-order chi connectivity index (χ0) is 18.4. The average molecular weight is 366 g/mol. The molecule has 8 heteroatoms. The molecule has 0 bridgehead atoms. The van der Waals surface area contributed by atoms with Crippen molar-refractivity contribution in [3.63, 3.8) is 0 Å². The van der Waals surface area contributed by atoms with Gasteiger partial charge in [-0.05, 0) is 37.6 Å². The maximum Gasteiger partial charge on any atom is 0.303 e. The van der Waals surface area contributed by atoms with Gasteiger partial charge in [-0.2, -0.15) is 0 Å². The number of carbonyl (C=O) groups is 2. The molecule has 0 saturated heterocycles. The highest BCUT2D eigenvalue weighted by molar-refractivity contribution is 7.13. The van der Waals surface area contributed by atoms with Crippen molar-refractivity contribution in [1.82, 2.24) is 9.88 Å². The topological polar surface area (TPSA) is 79.7 Å². The third kappa shape index (κ3) is 5.53. The Morgan fingerprint density at radius 3 is 2.64 bits per heavy atom. The summed E-state index contributed by atoms with van der Waals surface area (Å²) in [6.45, 7) is 2.30. The van der Waals surface area contributed by atoms with Crippen LogP contribution < -0.4 is 4.74 Å². The Morgan fingerprint density at radius 1 is 1.32 bits per heavy atom. The van der Waals surface area contributed by atoms with Gasteiger partial charge in [0.2, 0.25) is 0 Å². The van der Waals surface area contributed by atoms with Gasteiger partial charge in [-0.1, -0.05) is 0 Å². The zero-order valence-electron chi connectivity index (χ0n) is 14.0. The van der Waals surface area contributed by atoms with Gasteiger partial charge in [0.25, 0.3) is 5.91 Å². The molecule has 0 unspecified atom stereocenters. The quantitative estimate of drug-likeness (QED) is 0.776. The number of aromatic nitrogens is 1. The molecule has 1 aromatic heterocycles. The largest absolute Gasteiger partial charge is 0.486 e. The minimum atomic E-state index is -0.880. The number of aliphatic carboxylic acids is 1.